The zero-order valence-electron chi connectivity index (χ0n) is 7.86. The van der Waals surface area contributed by atoms with Crippen molar-refractivity contribution in [2.75, 3.05) is 6.61 Å². The van der Waals surface area contributed by atoms with E-state index in [-0.39, 0.29) is 11.3 Å². The molecule has 0 unspecified atom stereocenters. The van der Waals surface area contributed by atoms with Crippen molar-refractivity contribution >= 4 is 5.97 Å². The van der Waals surface area contributed by atoms with E-state index in [4.69, 9.17) is 9.84 Å². The Balaban J connectivity index is 2.84. The third kappa shape index (κ3) is 2.39. The third-order valence-corrected chi connectivity index (χ3v) is 1.67. The molecule has 0 heterocycles. The van der Waals surface area contributed by atoms with Crippen molar-refractivity contribution in [3.63, 3.8) is 0 Å². The van der Waals surface area contributed by atoms with Crippen LogP contribution in [0.2, 0.25) is 0 Å². The molecule has 0 aliphatic rings. The summed E-state index contributed by atoms with van der Waals surface area (Å²) in [7, 11) is 0. The molecule has 0 saturated carbocycles. The molecule has 0 aromatic heterocycles. The molecule has 0 spiro atoms. The molecule has 0 radical (unpaired) electrons. The number of carbonyl (C=O) groups is 1. The number of aromatic carboxylic acids is 1. The summed E-state index contributed by atoms with van der Waals surface area (Å²) >= 11 is 0. The van der Waals surface area contributed by atoms with E-state index < -0.39 is 5.97 Å². The van der Waals surface area contributed by atoms with Gasteiger partial charge in [-0.25, -0.2) is 4.79 Å². The highest BCUT2D eigenvalue weighted by molar-refractivity contribution is 5.88. The van der Waals surface area contributed by atoms with Gasteiger partial charge in [0.2, 0.25) is 0 Å². The summed E-state index contributed by atoms with van der Waals surface area (Å²) in [6.45, 7) is 2.45. The Kier molecular flexibility index (Phi) is 3.34. The van der Waals surface area contributed by atoms with Crippen LogP contribution in [0.5, 0.6) is 11.5 Å². The van der Waals surface area contributed by atoms with Gasteiger partial charge in [0.05, 0.1) is 12.2 Å². The Hall–Kier alpha value is -1.71. The summed E-state index contributed by atoms with van der Waals surface area (Å²) in [6, 6.07) is 4.02. The van der Waals surface area contributed by atoms with Gasteiger partial charge in [0, 0.05) is 0 Å². The van der Waals surface area contributed by atoms with Crippen molar-refractivity contribution in [1.29, 1.82) is 0 Å². The fraction of sp³-hybridized carbons (Fsp3) is 0.300. The Labute approximate surface area is 81.8 Å². The van der Waals surface area contributed by atoms with E-state index in [0.29, 0.717) is 12.4 Å². The van der Waals surface area contributed by atoms with Gasteiger partial charge >= 0.3 is 5.97 Å². The Morgan fingerprint density at radius 2 is 2.21 bits per heavy atom. The Morgan fingerprint density at radius 1 is 1.50 bits per heavy atom. The molecular formula is C10H12O4. The quantitative estimate of drug-likeness (QED) is 0.771. The number of aromatic hydroxyl groups is 1. The fourth-order valence-electron chi connectivity index (χ4n) is 0.984. The largest absolute Gasteiger partial charge is 0.504 e. The molecule has 1 rings (SSSR count). The van der Waals surface area contributed by atoms with Gasteiger partial charge < -0.3 is 14.9 Å². The first-order valence-electron chi connectivity index (χ1n) is 4.34. The molecule has 0 saturated heterocycles. The van der Waals surface area contributed by atoms with Crippen LogP contribution in [-0.2, 0) is 0 Å². The molecule has 0 aliphatic heterocycles. The molecule has 76 valence electrons. The maximum Gasteiger partial charge on any atom is 0.335 e. The molecule has 0 atom stereocenters. The standard InChI is InChI=1S/C10H12O4/c1-2-5-14-9-4-3-7(10(12)13)6-8(9)11/h3-4,6,11H,2,5H2,1H3,(H,12,13). The molecule has 2 N–H and O–H groups in total. The van der Waals surface area contributed by atoms with Crippen molar-refractivity contribution in [3.05, 3.63) is 23.8 Å². The maximum absolute atomic E-state index is 10.5. The van der Waals surface area contributed by atoms with Gasteiger partial charge in [-0.05, 0) is 24.6 Å². The van der Waals surface area contributed by atoms with Crippen LogP contribution >= 0.6 is 0 Å². The van der Waals surface area contributed by atoms with Crippen molar-refractivity contribution < 1.29 is 19.7 Å². The van der Waals surface area contributed by atoms with E-state index in [9.17, 15) is 9.90 Å². The number of benzene rings is 1. The van der Waals surface area contributed by atoms with Crippen molar-refractivity contribution in [2.24, 2.45) is 0 Å². The highest BCUT2D eigenvalue weighted by atomic mass is 16.5. The van der Waals surface area contributed by atoms with E-state index in [1.54, 1.807) is 0 Å². The number of carboxylic acid groups (broad SMARTS) is 1. The van der Waals surface area contributed by atoms with E-state index in [0.717, 1.165) is 6.42 Å². The van der Waals surface area contributed by atoms with Gasteiger partial charge in [0.1, 0.15) is 0 Å². The molecule has 4 nitrogen and oxygen atoms in total. The van der Waals surface area contributed by atoms with Gasteiger partial charge in [0.15, 0.2) is 11.5 Å². The van der Waals surface area contributed by atoms with Crippen LogP contribution in [0, 0.1) is 0 Å². The number of phenols is 1. The number of hydrogen-bond acceptors (Lipinski definition) is 3. The third-order valence-electron chi connectivity index (χ3n) is 1.67. The summed E-state index contributed by atoms with van der Waals surface area (Å²) in [6.07, 6.45) is 0.833. The lowest BCUT2D eigenvalue weighted by Gasteiger charge is -2.06. The lowest BCUT2D eigenvalue weighted by Crippen LogP contribution is -1.98. The highest BCUT2D eigenvalue weighted by Crippen LogP contribution is 2.26. The second-order valence-electron chi connectivity index (χ2n) is 2.84. The molecule has 1 aromatic carbocycles. The smallest absolute Gasteiger partial charge is 0.335 e. The zero-order chi connectivity index (χ0) is 10.6. The lowest BCUT2D eigenvalue weighted by atomic mass is 10.2. The summed E-state index contributed by atoms with van der Waals surface area (Å²) in [5, 5.41) is 18.0. The van der Waals surface area contributed by atoms with Crippen LogP contribution in [0.4, 0.5) is 0 Å². The number of phenolic OH excluding ortho intramolecular Hbond substituents is 1. The van der Waals surface area contributed by atoms with Gasteiger partial charge in [-0.2, -0.15) is 0 Å². The minimum atomic E-state index is -1.07. The lowest BCUT2D eigenvalue weighted by molar-refractivity contribution is 0.0696. The van der Waals surface area contributed by atoms with E-state index in [2.05, 4.69) is 0 Å². The average molecular weight is 196 g/mol. The number of ether oxygens (including phenoxy) is 1. The predicted octanol–water partition coefficient (Wildman–Crippen LogP) is 1.88. The number of carboxylic acids is 1. The zero-order valence-corrected chi connectivity index (χ0v) is 7.86. The van der Waals surface area contributed by atoms with Crippen LogP contribution < -0.4 is 4.74 Å². The van der Waals surface area contributed by atoms with Crippen LogP contribution in [0.25, 0.3) is 0 Å². The van der Waals surface area contributed by atoms with Gasteiger partial charge in [0.25, 0.3) is 0 Å². The molecule has 1 aromatic rings. The molecule has 0 aliphatic carbocycles. The predicted molar refractivity (Wildman–Crippen MR) is 50.9 cm³/mol. The van der Waals surface area contributed by atoms with E-state index in [1.807, 2.05) is 6.92 Å². The van der Waals surface area contributed by atoms with Crippen molar-refractivity contribution in [2.45, 2.75) is 13.3 Å². The van der Waals surface area contributed by atoms with Gasteiger partial charge in [-0.1, -0.05) is 6.92 Å². The minimum absolute atomic E-state index is 0.0475. The molecule has 0 bridgehead atoms. The normalized spacial score (nSPS) is 9.79. The van der Waals surface area contributed by atoms with Crippen molar-refractivity contribution in [1.82, 2.24) is 0 Å². The fourth-order valence-corrected chi connectivity index (χ4v) is 0.984. The molecule has 4 heteroatoms. The summed E-state index contributed by atoms with van der Waals surface area (Å²) < 4.78 is 5.18. The van der Waals surface area contributed by atoms with Gasteiger partial charge in [-0.3, -0.25) is 0 Å². The number of rotatable bonds is 4. The summed E-state index contributed by atoms with van der Waals surface area (Å²) in [5.41, 5.74) is 0.0475. The SMILES string of the molecule is CCCOc1ccc(C(=O)O)cc1O. The van der Waals surface area contributed by atoms with E-state index >= 15 is 0 Å². The summed E-state index contributed by atoms with van der Waals surface area (Å²) in [4.78, 5) is 10.5. The molecular weight excluding hydrogens is 184 g/mol. The molecule has 0 fully saturated rings. The molecule has 0 amide bonds. The molecule has 14 heavy (non-hydrogen) atoms. The van der Waals surface area contributed by atoms with Crippen LogP contribution in [0.15, 0.2) is 18.2 Å². The van der Waals surface area contributed by atoms with Crippen LogP contribution in [0.3, 0.4) is 0 Å². The van der Waals surface area contributed by atoms with E-state index in [1.165, 1.54) is 18.2 Å². The van der Waals surface area contributed by atoms with Crippen molar-refractivity contribution in [3.8, 4) is 11.5 Å². The minimum Gasteiger partial charge on any atom is -0.504 e. The topological polar surface area (TPSA) is 66.8 Å². The first-order chi connectivity index (χ1) is 6.65. The van der Waals surface area contributed by atoms with Crippen LogP contribution in [-0.4, -0.2) is 22.8 Å². The Morgan fingerprint density at radius 3 is 2.71 bits per heavy atom. The second kappa shape index (κ2) is 4.50. The monoisotopic (exact) mass is 196 g/mol. The number of hydrogen-bond donors (Lipinski definition) is 2. The maximum atomic E-state index is 10.5. The first-order valence-corrected chi connectivity index (χ1v) is 4.34. The average Bonchev–Trinajstić information content (AvgIpc) is 2.15. The van der Waals surface area contributed by atoms with Gasteiger partial charge in [-0.15, -0.1) is 0 Å². The second-order valence-corrected chi connectivity index (χ2v) is 2.84. The van der Waals surface area contributed by atoms with Crippen LogP contribution in [0.1, 0.15) is 23.7 Å². The summed E-state index contributed by atoms with van der Waals surface area (Å²) in [5.74, 6) is -0.891. The highest BCUT2D eigenvalue weighted by Gasteiger charge is 2.07. The Bertz CT molecular complexity index is 333. The first kappa shape index (κ1) is 10.4.